The molecule has 5 heterocycles. The van der Waals surface area contributed by atoms with E-state index in [4.69, 9.17) is 10.2 Å². The van der Waals surface area contributed by atoms with Gasteiger partial charge in [-0.3, -0.25) is 19.9 Å². The monoisotopic (exact) mass is 579 g/mol. The average Bonchev–Trinajstić information content (AvgIpc) is 3.57. The van der Waals surface area contributed by atoms with Crippen molar-refractivity contribution in [3.8, 4) is 61.3 Å². The minimum Gasteiger partial charge on any atom is -0.264 e. The van der Waals surface area contributed by atoms with E-state index in [-0.39, 0.29) is 0 Å². The molecule has 0 bridgehead atoms. The average molecular weight is 580 g/mol. The van der Waals surface area contributed by atoms with Gasteiger partial charge in [-0.15, -0.1) is 10.2 Å². The predicted octanol–water partition coefficient (Wildman–Crippen LogP) is 8.34. The van der Waals surface area contributed by atoms with E-state index >= 15 is 0 Å². The van der Waals surface area contributed by atoms with Gasteiger partial charge in [-0.2, -0.15) is 4.80 Å². The van der Waals surface area contributed by atoms with Crippen LogP contribution in [0.2, 0.25) is 0 Å². The smallest absolute Gasteiger partial charge is 0.121 e. The van der Waals surface area contributed by atoms with Crippen LogP contribution in [0.3, 0.4) is 0 Å². The lowest BCUT2D eigenvalue weighted by Crippen LogP contribution is -1.98. The molecule has 0 fully saturated rings. The van der Waals surface area contributed by atoms with E-state index in [9.17, 15) is 0 Å². The lowest BCUT2D eigenvalue weighted by Gasteiger charge is -2.09. The molecule has 8 aromatic rings. The minimum absolute atomic E-state index is 0.770. The van der Waals surface area contributed by atoms with Crippen molar-refractivity contribution in [2.24, 2.45) is 0 Å². The Morgan fingerprint density at radius 2 is 0.978 bits per heavy atom. The van der Waals surface area contributed by atoms with Crippen LogP contribution in [0.25, 0.3) is 72.4 Å². The summed E-state index contributed by atoms with van der Waals surface area (Å²) in [4.78, 5) is 19.5. The molecule has 45 heavy (non-hydrogen) atoms. The SMILES string of the molecule is c1ccc(-c2cccc(-n3nc4cc(-c5cncc(-c6cccnc6)c5)cc(-c5cncc(-c6cccnc6)c5)c4n3)c2)cc1. The third-order valence-electron chi connectivity index (χ3n) is 7.78. The second-order valence-corrected chi connectivity index (χ2v) is 10.7. The van der Waals surface area contributed by atoms with Crippen LogP contribution < -0.4 is 0 Å². The maximum atomic E-state index is 5.04. The highest BCUT2D eigenvalue weighted by molar-refractivity contribution is 5.96. The highest BCUT2D eigenvalue weighted by Crippen LogP contribution is 2.35. The summed E-state index contributed by atoms with van der Waals surface area (Å²) < 4.78 is 0. The first kappa shape index (κ1) is 26.3. The van der Waals surface area contributed by atoms with E-state index in [0.29, 0.717) is 0 Å². The number of fused-ring (bicyclic) bond motifs is 1. The van der Waals surface area contributed by atoms with Crippen LogP contribution in [0.15, 0.2) is 153 Å². The molecule has 0 aliphatic rings. The number of rotatable bonds is 6. The third-order valence-corrected chi connectivity index (χ3v) is 7.78. The molecule has 0 atom stereocenters. The zero-order valence-corrected chi connectivity index (χ0v) is 24.1. The van der Waals surface area contributed by atoms with Gasteiger partial charge in [-0.1, -0.05) is 54.6 Å². The fourth-order valence-electron chi connectivity index (χ4n) is 5.53. The molecule has 0 amide bonds. The van der Waals surface area contributed by atoms with Crippen molar-refractivity contribution in [2.45, 2.75) is 0 Å². The van der Waals surface area contributed by atoms with Gasteiger partial charge in [0.15, 0.2) is 0 Å². The van der Waals surface area contributed by atoms with Crippen LogP contribution in [0.1, 0.15) is 0 Å². The summed E-state index contributed by atoms with van der Waals surface area (Å²) in [6, 6.07) is 35.0. The van der Waals surface area contributed by atoms with Crippen LogP contribution in [-0.4, -0.2) is 34.9 Å². The van der Waals surface area contributed by atoms with Gasteiger partial charge in [0, 0.05) is 88.5 Å². The van der Waals surface area contributed by atoms with Gasteiger partial charge in [0.2, 0.25) is 0 Å². The molecule has 8 rings (SSSR count). The van der Waals surface area contributed by atoms with Crippen molar-refractivity contribution in [3.63, 3.8) is 0 Å². The third kappa shape index (κ3) is 5.23. The van der Waals surface area contributed by atoms with Crippen LogP contribution >= 0.6 is 0 Å². The summed E-state index contributed by atoms with van der Waals surface area (Å²) in [6.45, 7) is 0. The fraction of sp³-hybridized carbons (Fsp3) is 0. The molecular weight excluding hydrogens is 554 g/mol. The van der Waals surface area contributed by atoms with Crippen LogP contribution in [0.4, 0.5) is 0 Å². The molecule has 0 unspecified atom stereocenters. The number of hydrogen-bond acceptors (Lipinski definition) is 6. The summed E-state index contributed by atoms with van der Waals surface area (Å²) in [7, 11) is 0. The van der Waals surface area contributed by atoms with E-state index in [2.05, 4.69) is 68.5 Å². The van der Waals surface area contributed by atoms with E-state index in [1.165, 1.54) is 0 Å². The molecule has 0 N–H and O–H groups in total. The number of benzene rings is 3. The standard InChI is InChI=1S/C38H25N7/c1-2-7-26(8-3-1)27-9-4-12-35(17-27)45-43-37-19-30(33-15-31(22-41-24-33)28-10-5-13-39-20-28)18-36(38(37)44-45)34-16-32(23-42-25-34)29-11-6-14-40-21-29/h1-25H. The molecule has 0 spiro atoms. The van der Waals surface area contributed by atoms with Crippen molar-refractivity contribution in [3.05, 3.63) is 153 Å². The van der Waals surface area contributed by atoms with Gasteiger partial charge < -0.3 is 0 Å². The highest BCUT2D eigenvalue weighted by Gasteiger charge is 2.16. The molecule has 7 heteroatoms. The summed E-state index contributed by atoms with van der Waals surface area (Å²) >= 11 is 0. The van der Waals surface area contributed by atoms with Gasteiger partial charge in [-0.25, -0.2) is 0 Å². The summed E-state index contributed by atoms with van der Waals surface area (Å²) in [5.41, 5.74) is 12.4. The van der Waals surface area contributed by atoms with Crippen LogP contribution in [0.5, 0.6) is 0 Å². The molecule has 5 aromatic heterocycles. The minimum atomic E-state index is 0.770. The largest absolute Gasteiger partial charge is 0.264 e. The molecule has 0 radical (unpaired) electrons. The molecule has 212 valence electrons. The first-order valence-corrected chi connectivity index (χ1v) is 14.6. The Hall–Kier alpha value is -6.34. The Morgan fingerprint density at radius 1 is 0.378 bits per heavy atom. The van der Waals surface area contributed by atoms with Gasteiger partial charge >= 0.3 is 0 Å². The molecular formula is C38H25N7. The summed E-state index contributed by atoms with van der Waals surface area (Å²) in [5.74, 6) is 0. The maximum Gasteiger partial charge on any atom is 0.121 e. The summed E-state index contributed by atoms with van der Waals surface area (Å²) in [6.07, 6.45) is 14.7. The van der Waals surface area contributed by atoms with Crippen molar-refractivity contribution >= 4 is 11.0 Å². The van der Waals surface area contributed by atoms with Gasteiger partial charge in [-0.05, 0) is 65.2 Å². The quantitative estimate of drug-likeness (QED) is 0.197. The highest BCUT2D eigenvalue weighted by atomic mass is 15.5. The lowest BCUT2D eigenvalue weighted by molar-refractivity contribution is 0.766. The van der Waals surface area contributed by atoms with E-state index in [0.717, 1.165) is 72.4 Å². The van der Waals surface area contributed by atoms with Gasteiger partial charge in [0.05, 0.1) is 5.69 Å². The molecule has 0 saturated heterocycles. The Bertz CT molecular complexity index is 2260. The van der Waals surface area contributed by atoms with Crippen LogP contribution in [-0.2, 0) is 0 Å². The van der Waals surface area contributed by atoms with E-state index in [1.807, 2.05) is 91.8 Å². The van der Waals surface area contributed by atoms with Crippen molar-refractivity contribution in [1.82, 2.24) is 34.9 Å². The van der Waals surface area contributed by atoms with Gasteiger partial charge in [0.1, 0.15) is 11.0 Å². The number of hydrogen-bond donors (Lipinski definition) is 0. The van der Waals surface area contributed by atoms with Crippen molar-refractivity contribution in [2.75, 3.05) is 0 Å². The number of nitrogens with zero attached hydrogens (tertiary/aromatic N) is 7. The van der Waals surface area contributed by atoms with E-state index < -0.39 is 0 Å². The van der Waals surface area contributed by atoms with Gasteiger partial charge in [0.25, 0.3) is 0 Å². The maximum absolute atomic E-state index is 5.04. The predicted molar refractivity (Wildman–Crippen MR) is 177 cm³/mol. The first-order chi connectivity index (χ1) is 22.3. The van der Waals surface area contributed by atoms with Crippen molar-refractivity contribution in [1.29, 1.82) is 0 Å². The Kier molecular flexibility index (Phi) is 6.66. The molecule has 3 aromatic carbocycles. The zero-order valence-electron chi connectivity index (χ0n) is 24.1. The Labute approximate surface area is 259 Å². The molecule has 0 saturated carbocycles. The number of pyridine rings is 4. The summed E-state index contributed by atoms with van der Waals surface area (Å²) in [5, 5.41) is 10.0. The topological polar surface area (TPSA) is 82.3 Å². The normalized spacial score (nSPS) is 11.1. The van der Waals surface area contributed by atoms with E-state index in [1.54, 1.807) is 17.2 Å². The first-order valence-electron chi connectivity index (χ1n) is 14.6. The zero-order chi connectivity index (χ0) is 30.0. The Balaban J connectivity index is 1.30. The molecule has 7 nitrogen and oxygen atoms in total. The second-order valence-electron chi connectivity index (χ2n) is 10.7. The number of aromatic nitrogens is 7. The lowest BCUT2D eigenvalue weighted by atomic mass is 9.96. The molecule has 0 aliphatic heterocycles. The Morgan fingerprint density at radius 3 is 1.67 bits per heavy atom. The fourth-order valence-corrected chi connectivity index (χ4v) is 5.53. The second kappa shape index (κ2) is 11.4. The van der Waals surface area contributed by atoms with Crippen molar-refractivity contribution < 1.29 is 0 Å². The molecule has 0 aliphatic carbocycles. The van der Waals surface area contributed by atoms with Crippen LogP contribution in [0, 0.1) is 0 Å².